The quantitative estimate of drug-likeness (QED) is 0.716. The Labute approximate surface area is 131 Å². The van der Waals surface area contributed by atoms with Crippen molar-refractivity contribution in [2.75, 3.05) is 13.7 Å². The minimum absolute atomic E-state index is 0.00493. The van der Waals surface area contributed by atoms with E-state index < -0.39 is 8.32 Å². The van der Waals surface area contributed by atoms with Crippen LogP contribution in [0.1, 0.15) is 41.5 Å². The molecule has 1 fully saturated rings. The predicted molar refractivity (Wildman–Crippen MR) is 89.9 cm³/mol. The van der Waals surface area contributed by atoms with Crippen molar-refractivity contribution >= 4 is 14.1 Å². The maximum Gasteiger partial charge on any atom is 0.191 e. The third-order valence-corrected chi connectivity index (χ3v) is 10.3. The molecular weight excluding hydrogens is 280 g/mol. The van der Waals surface area contributed by atoms with Crippen molar-refractivity contribution in [2.45, 2.75) is 65.8 Å². The van der Waals surface area contributed by atoms with E-state index in [2.05, 4.69) is 47.7 Å². The third kappa shape index (κ3) is 3.77. The third-order valence-electron chi connectivity index (χ3n) is 5.75. The summed E-state index contributed by atoms with van der Waals surface area (Å²) in [6.45, 7) is 18.2. The van der Waals surface area contributed by atoms with Crippen LogP contribution in [0.15, 0.2) is 0 Å². The Kier molecular flexibility index (Phi) is 5.84. The average Bonchev–Trinajstić information content (AvgIpc) is 2.56. The summed E-state index contributed by atoms with van der Waals surface area (Å²) in [5, 5.41) is 0.209. The number of Topliss-reactive ketones (excluding diaryl/α,β-unsaturated/α-hetero) is 1. The van der Waals surface area contributed by atoms with Crippen LogP contribution in [0, 0.1) is 23.7 Å². The molecule has 1 aliphatic carbocycles. The van der Waals surface area contributed by atoms with Gasteiger partial charge in [0.25, 0.3) is 0 Å². The Bertz CT molecular complexity index is 373. The van der Waals surface area contributed by atoms with Gasteiger partial charge in [-0.3, -0.25) is 4.79 Å². The van der Waals surface area contributed by atoms with Crippen molar-refractivity contribution in [2.24, 2.45) is 23.7 Å². The zero-order valence-electron chi connectivity index (χ0n) is 15.3. The van der Waals surface area contributed by atoms with Crippen molar-refractivity contribution in [3.63, 3.8) is 0 Å². The average molecular weight is 315 g/mol. The molecule has 0 saturated heterocycles. The van der Waals surface area contributed by atoms with E-state index in [4.69, 9.17) is 9.16 Å². The Morgan fingerprint density at radius 1 is 1.24 bits per heavy atom. The van der Waals surface area contributed by atoms with E-state index in [1.807, 2.05) is 6.92 Å². The zero-order valence-corrected chi connectivity index (χ0v) is 16.3. The summed E-state index contributed by atoms with van der Waals surface area (Å²) in [6, 6.07) is 0. The van der Waals surface area contributed by atoms with Gasteiger partial charge in [0, 0.05) is 25.6 Å². The molecule has 0 radical (unpaired) electrons. The van der Waals surface area contributed by atoms with Crippen LogP contribution in [0.4, 0.5) is 0 Å². The minimum Gasteiger partial charge on any atom is -0.417 e. The smallest absolute Gasteiger partial charge is 0.191 e. The standard InChI is InChI=1S/C17H34O3Si/c1-11(10-20-21(8,9)17(4,5)6)14-12(2)16(19-7)13(3)15(14)18/h11-14,16H,10H2,1-9H3/t11-,12+,13-,14+,16-/m0/s1. The first-order chi connectivity index (χ1) is 9.44. The van der Waals surface area contributed by atoms with Gasteiger partial charge in [0.15, 0.2) is 8.32 Å². The number of carbonyl (C=O) groups excluding carboxylic acids is 1. The fourth-order valence-corrected chi connectivity index (χ4v) is 4.37. The van der Waals surface area contributed by atoms with Crippen molar-refractivity contribution < 1.29 is 14.0 Å². The van der Waals surface area contributed by atoms with Gasteiger partial charge in [-0.2, -0.15) is 0 Å². The van der Waals surface area contributed by atoms with Gasteiger partial charge < -0.3 is 9.16 Å². The highest BCUT2D eigenvalue weighted by Crippen LogP contribution is 2.41. The molecule has 5 atom stereocenters. The second kappa shape index (κ2) is 6.51. The molecule has 0 aromatic rings. The molecule has 0 spiro atoms. The van der Waals surface area contributed by atoms with Crippen LogP contribution < -0.4 is 0 Å². The van der Waals surface area contributed by atoms with Crippen molar-refractivity contribution in [3.8, 4) is 0 Å². The summed E-state index contributed by atoms with van der Waals surface area (Å²) >= 11 is 0. The van der Waals surface area contributed by atoms with Crippen LogP contribution >= 0.6 is 0 Å². The highest BCUT2D eigenvalue weighted by atomic mass is 28.4. The topological polar surface area (TPSA) is 35.5 Å². The van der Waals surface area contributed by atoms with E-state index in [0.29, 0.717) is 12.4 Å². The zero-order chi connectivity index (χ0) is 16.6. The van der Waals surface area contributed by atoms with Crippen LogP contribution in [-0.4, -0.2) is 33.9 Å². The molecule has 0 heterocycles. The highest BCUT2D eigenvalue weighted by Gasteiger charge is 2.48. The molecule has 3 nitrogen and oxygen atoms in total. The molecule has 4 heteroatoms. The maximum atomic E-state index is 12.5. The molecule has 124 valence electrons. The first kappa shape index (κ1) is 18.9. The molecule has 1 saturated carbocycles. The molecule has 0 bridgehead atoms. The Morgan fingerprint density at radius 3 is 2.14 bits per heavy atom. The van der Waals surface area contributed by atoms with E-state index in [9.17, 15) is 4.79 Å². The van der Waals surface area contributed by atoms with Crippen LogP contribution in [0.2, 0.25) is 18.1 Å². The number of methoxy groups -OCH3 is 1. The first-order valence-corrected chi connectivity index (χ1v) is 11.1. The lowest BCUT2D eigenvalue weighted by atomic mass is 9.85. The molecule has 1 rings (SSSR count). The van der Waals surface area contributed by atoms with Crippen molar-refractivity contribution in [1.29, 1.82) is 0 Å². The molecular formula is C17H34O3Si. The van der Waals surface area contributed by atoms with E-state index in [-0.39, 0.29) is 34.8 Å². The van der Waals surface area contributed by atoms with E-state index in [1.54, 1.807) is 7.11 Å². The molecule has 0 aromatic carbocycles. The fourth-order valence-electron chi connectivity index (χ4n) is 3.26. The maximum absolute atomic E-state index is 12.5. The van der Waals surface area contributed by atoms with Crippen LogP contribution in [0.25, 0.3) is 0 Å². The van der Waals surface area contributed by atoms with E-state index in [1.165, 1.54) is 0 Å². The second-order valence-corrected chi connectivity index (χ2v) is 13.1. The molecule has 1 aliphatic rings. The number of rotatable bonds is 5. The minimum atomic E-state index is -1.75. The van der Waals surface area contributed by atoms with Gasteiger partial charge in [0.05, 0.1) is 6.10 Å². The number of ether oxygens (including phenoxy) is 1. The number of hydrogen-bond donors (Lipinski definition) is 0. The predicted octanol–water partition coefficient (Wildman–Crippen LogP) is 4.13. The summed E-state index contributed by atoms with van der Waals surface area (Å²) in [4.78, 5) is 12.5. The van der Waals surface area contributed by atoms with E-state index >= 15 is 0 Å². The summed E-state index contributed by atoms with van der Waals surface area (Å²) in [5.41, 5.74) is 0. The van der Waals surface area contributed by atoms with Gasteiger partial charge in [-0.25, -0.2) is 0 Å². The summed E-state index contributed by atoms with van der Waals surface area (Å²) < 4.78 is 11.8. The molecule has 0 aliphatic heterocycles. The number of ketones is 1. The lowest BCUT2D eigenvalue weighted by Gasteiger charge is -2.37. The van der Waals surface area contributed by atoms with Crippen LogP contribution in [-0.2, 0) is 14.0 Å². The molecule has 0 amide bonds. The first-order valence-electron chi connectivity index (χ1n) is 8.14. The largest absolute Gasteiger partial charge is 0.417 e. The lowest BCUT2D eigenvalue weighted by molar-refractivity contribution is -0.126. The Morgan fingerprint density at radius 2 is 1.76 bits per heavy atom. The van der Waals surface area contributed by atoms with Crippen LogP contribution in [0.3, 0.4) is 0 Å². The number of carbonyl (C=O) groups is 1. The van der Waals surface area contributed by atoms with Gasteiger partial charge in [-0.15, -0.1) is 0 Å². The van der Waals surface area contributed by atoms with Gasteiger partial charge in [-0.1, -0.05) is 41.5 Å². The van der Waals surface area contributed by atoms with Gasteiger partial charge in [0.2, 0.25) is 0 Å². The number of hydrogen-bond acceptors (Lipinski definition) is 3. The van der Waals surface area contributed by atoms with Crippen LogP contribution in [0.5, 0.6) is 0 Å². The second-order valence-electron chi connectivity index (χ2n) is 8.32. The summed E-state index contributed by atoms with van der Waals surface area (Å²) in [7, 11) is -0.0351. The van der Waals surface area contributed by atoms with Crippen molar-refractivity contribution in [1.82, 2.24) is 0 Å². The van der Waals surface area contributed by atoms with Gasteiger partial charge in [-0.05, 0) is 30.0 Å². The summed E-state index contributed by atoms with van der Waals surface area (Å²) in [5.74, 6) is 0.945. The molecule has 0 unspecified atom stereocenters. The SMILES string of the molecule is CO[C@H]1[C@H](C)[C@@H]([C@@H](C)CO[Si](C)(C)C(C)(C)C)C(=O)[C@@H]1C. The van der Waals surface area contributed by atoms with E-state index in [0.717, 1.165) is 0 Å². The Hall–Kier alpha value is -0.193. The molecule has 0 N–H and O–H groups in total. The normalized spacial score (nSPS) is 32.5. The molecule has 21 heavy (non-hydrogen) atoms. The highest BCUT2D eigenvalue weighted by molar-refractivity contribution is 6.74. The molecule has 0 aromatic heterocycles. The fraction of sp³-hybridized carbons (Fsp3) is 0.941. The lowest BCUT2D eigenvalue weighted by Crippen LogP contribution is -2.43. The summed E-state index contributed by atoms with van der Waals surface area (Å²) in [6.07, 6.45) is 0.0535. The monoisotopic (exact) mass is 314 g/mol. The van der Waals surface area contributed by atoms with Gasteiger partial charge in [0.1, 0.15) is 5.78 Å². The van der Waals surface area contributed by atoms with Crippen molar-refractivity contribution in [3.05, 3.63) is 0 Å². The van der Waals surface area contributed by atoms with Gasteiger partial charge >= 0.3 is 0 Å². The Balaban J connectivity index is 2.72.